The van der Waals surface area contributed by atoms with Gasteiger partial charge in [0.05, 0.1) is 15.2 Å². The highest BCUT2D eigenvalue weighted by Crippen LogP contribution is 2.32. The van der Waals surface area contributed by atoms with Gasteiger partial charge in [0.1, 0.15) is 0 Å². The summed E-state index contributed by atoms with van der Waals surface area (Å²) in [5, 5.41) is 3.05. The van der Waals surface area contributed by atoms with Gasteiger partial charge in [0.15, 0.2) is 0 Å². The van der Waals surface area contributed by atoms with Crippen molar-refractivity contribution in [2.45, 2.75) is 0 Å². The number of thiophene rings is 1. The van der Waals surface area contributed by atoms with Gasteiger partial charge in [0.2, 0.25) is 0 Å². The molecule has 0 saturated carbocycles. The molecule has 1 heterocycles. The first-order chi connectivity index (χ1) is 6.50. The molecule has 1 aromatic rings. The predicted molar refractivity (Wildman–Crippen MR) is 67.0 cm³/mol. The van der Waals surface area contributed by atoms with Crippen LogP contribution >= 0.6 is 54.8 Å². The van der Waals surface area contributed by atoms with E-state index >= 15 is 0 Å². The molecule has 76 valence electrons. The highest BCUT2D eigenvalue weighted by atomic mass is 79.9. The lowest BCUT2D eigenvalue weighted by Gasteiger charge is -1.99. The maximum Gasteiger partial charge on any atom is 0.261 e. The number of amides is 1. The Morgan fingerprint density at radius 1 is 1.64 bits per heavy atom. The summed E-state index contributed by atoms with van der Waals surface area (Å²) in [7, 11) is 0. The second kappa shape index (κ2) is 5.30. The molecule has 0 saturated heterocycles. The van der Waals surface area contributed by atoms with Crippen LogP contribution in [0.15, 0.2) is 25.9 Å². The van der Waals surface area contributed by atoms with Crippen molar-refractivity contribution in [3.05, 3.63) is 30.8 Å². The molecule has 0 fully saturated rings. The smallest absolute Gasteiger partial charge is 0.261 e. The van der Waals surface area contributed by atoms with E-state index in [1.807, 2.05) is 0 Å². The van der Waals surface area contributed by atoms with E-state index in [0.717, 1.165) is 8.26 Å². The van der Waals surface area contributed by atoms with Crippen molar-refractivity contribution in [2.75, 3.05) is 6.54 Å². The van der Waals surface area contributed by atoms with Gasteiger partial charge in [-0.1, -0.05) is 18.2 Å². The topological polar surface area (TPSA) is 29.1 Å². The van der Waals surface area contributed by atoms with Crippen molar-refractivity contribution in [1.82, 2.24) is 5.32 Å². The number of halogens is 3. The van der Waals surface area contributed by atoms with E-state index in [1.165, 1.54) is 11.3 Å². The molecule has 0 unspecified atom stereocenters. The van der Waals surface area contributed by atoms with E-state index in [-0.39, 0.29) is 12.5 Å². The minimum Gasteiger partial charge on any atom is -0.346 e. The maximum atomic E-state index is 11.5. The van der Waals surface area contributed by atoms with E-state index in [4.69, 9.17) is 11.6 Å². The van der Waals surface area contributed by atoms with Crippen molar-refractivity contribution in [3.63, 3.8) is 0 Å². The number of carbonyl (C=O) groups is 1. The fourth-order valence-electron chi connectivity index (χ4n) is 0.722. The van der Waals surface area contributed by atoms with Gasteiger partial charge < -0.3 is 5.32 Å². The van der Waals surface area contributed by atoms with Crippen LogP contribution in [0.25, 0.3) is 0 Å². The minimum absolute atomic E-state index is 0.150. The summed E-state index contributed by atoms with van der Waals surface area (Å²) in [5.41, 5.74) is 0. The van der Waals surface area contributed by atoms with Crippen LogP contribution in [0.3, 0.4) is 0 Å². The lowest BCUT2D eigenvalue weighted by atomic mass is 10.4. The highest BCUT2D eigenvalue weighted by molar-refractivity contribution is 9.13. The zero-order chi connectivity index (χ0) is 10.7. The Hall–Kier alpha value is 0.160. The molecule has 1 amide bonds. The largest absolute Gasteiger partial charge is 0.346 e. The van der Waals surface area contributed by atoms with E-state index < -0.39 is 0 Å². The Morgan fingerprint density at radius 3 is 2.71 bits per heavy atom. The summed E-state index contributed by atoms with van der Waals surface area (Å²) in [6.07, 6.45) is 0. The second-order valence-corrected chi connectivity index (χ2v) is 6.19. The zero-order valence-electron chi connectivity index (χ0n) is 6.94. The molecule has 1 N–H and O–H groups in total. The first-order valence-electron chi connectivity index (χ1n) is 3.57. The fraction of sp³-hybridized carbons (Fsp3) is 0.125. The van der Waals surface area contributed by atoms with Gasteiger partial charge in [-0.3, -0.25) is 4.79 Å². The quantitative estimate of drug-likeness (QED) is 0.875. The molecule has 6 heteroatoms. The molecule has 2 nitrogen and oxygen atoms in total. The van der Waals surface area contributed by atoms with E-state index in [0.29, 0.717) is 9.91 Å². The molecule has 0 spiro atoms. The molecule has 1 rings (SSSR count). The van der Waals surface area contributed by atoms with Crippen LogP contribution in [0.5, 0.6) is 0 Å². The molecule has 0 atom stereocenters. The van der Waals surface area contributed by atoms with Crippen molar-refractivity contribution in [2.24, 2.45) is 0 Å². The van der Waals surface area contributed by atoms with Crippen LogP contribution in [0.4, 0.5) is 0 Å². The van der Waals surface area contributed by atoms with Gasteiger partial charge in [-0.2, -0.15) is 0 Å². The third-order valence-corrected chi connectivity index (χ3v) is 4.70. The van der Waals surface area contributed by atoms with E-state index in [2.05, 4.69) is 43.8 Å². The maximum absolute atomic E-state index is 11.5. The Morgan fingerprint density at radius 2 is 2.29 bits per heavy atom. The normalized spacial score (nSPS) is 9.93. The fourth-order valence-corrected chi connectivity index (χ4v) is 2.74. The molecule has 0 aromatic carbocycles. The third-order valence-electron chi connectivity index (χ3n) is 1.31. The molecule has 14 heavy (non-hydrogen) atoms. The van der Waals surface area contributed by atoms with Gasteiger partial charge in [0.25, 0.3) is 5.91 Å². The highest BCUT2D eigenvalue weighted by Gasteiger charge is 2.11. The number of nitrogens with one attached hydrogen (secondary N) is 1. The van der Waals surface area contributed by atoms with Gasteiger partial charge in [-0.05, 0) is 37.9 Å². The average Bonchev–Trinajstić information content (AvgIpc) is 2.43. The minimum atomic E-state index is -0.150. The first-order valence-corrected chi connectivity index (χ1v) is 6.35. The summed E-state index contributed by atoms with van der Waals surface area (Å²) < 4.78 is 1.77. The standard InChI is InChI=1S/C8H6Br2ClNOS/c1-4(11)3-12-8(13)6-2-5(9)7(10)14-6/h2H,1,3H2,(H,12,13). The van der Waals surface area contributed by atoms with Crippen LogP contribution in [-0.2, 0) is 0 Å². The molecular weight excluding hydrogens is 353 g/mol. The Kier molecular flexibility index (Phi) is 4.63. The van der Waals surface area contributed by atoms with Gasteiger partial charge in [0, 0.05) is 9.51 Å². The molecule has 0 radical (unpaired) electrons. The van der Waals surface area contributed by atoms with E-state index in [1.54, 1.807) is 6.07 Å². The van der Waals surface area contributed by atoms with Crippen LogP contribution in [0.1, 0.15) is 9.67 Å². The van der Waals surface area contributed by atoms with Crippen LogP contribution in [0, 0.1) is 0 Å². The van der Waals surface area contributed by atoms with Crippen LogP contribution in [0.2, 0.25) is 0 Å². The monoisotopic (exact) mass is 357 g/mol. The van der Waals surface area contributed by atoms with Crippen LogP contribution in [-0.4, -0.2) is 12.5 Å². The van der Waals surface area contributed by atoms with Crippen molar-refractivity contribution >= 4 is 60.7 Å². The molecule has 0 aliphatic heterocycles. The number of hydrogen-bond donors (Lipinski definition) is 1. The van der Waals surface area contributed by atoms with Crippen LogP contribution < -0.4 is 5.32 Å². The summed E-state index contributed by atoms with van der Waals surface area (Å²) in [5.74, 6) is -0.150. The van der Waals surface area contributed by atoms with Gasteiger partial charge >= 0.3 is 0 Å². The summed E-state index contributed by atoms with van der Waals surface area (Å²) in [6.45, 7) is 3.76. The van der Waals surface area contributed by atoms with Crippen molar-refractivity contribution < 1.29 is 4.79 Å². The summed E-state index contributed by atoms with van der Waals surface area (Å²) >= 11 is 13.5. The first kappa shape index (κ1) is 12.2. The lowest BCUT2D eigenvalue weighted by Crippen LogP contribution is -2.23. The Labute approximate surface area is 108 Å². The van der Waals surface area contributed by atoms with Gasteiger partial charge in [-0.15, -0.1) is 11.3 Å². The zero-order valence-corrected chi connectivity index (χ0v) is 11.7. The number of carbonyl (C=O) groups excluding carboxylic acids is 1. The molecule has 1 aromatic heterocycles. The number of hydrogen-bond acceptors (Lipinski definition) is 2. The third kappa shape index (κ3) is 3.38. The Balaban J connectivity index is 2.65. The van der Waals surface area contributed by atoms with Gasteiger partial charge in [-0.25, -0.2) is 0 Å². The molecule has 0 aliphatic carbocycles. The van der Waals surface area contributed by atoms with Crippen molar-refractivity contribution in [3.8, 4) is 0 Å². The summed E-state index contributed by atoms with van der Waals surface area (Å²) in [4.78, 5) is 12.1. The molecular formula is C8H6Br2ClNOS. The van der Waals surface area contributed by atoms with E-state index in [9.17, 15) is 4.79 Å². The SMILES string of the molecule is C=C(Cl)CNC(=O)c1cc(Br)c(Br)s1. The predicted octanol–water partition coefficient (Wildman–Crippen LogP) is 3.76. The molecule has 0 aliphatic rings. The average molecular weight is 359 g/mol. The lowest BCUT2D eigenvalue weighted by molar-refractivity contribution is 0.0961. The number of rotatable bonds is 3. The summed E-state index contributed by atoms with van der Waals surface area (Å²) in [6, 6.07) is 1.75. The molecule has 0 bridgehead atoms. The second-order valence-electron chi connectivity index (χ2n) is 2.43. The van der Waals surface area contributed by atoms with Crippen molar-refractivity contribution in [1.29, 1.82) is 0 Å². The Bertz CT molecular complexity index is 358.